The molecule has 4 aromatic rings. The Morgan fingerprint density at radius 3 is 2.43 bits per heavy atom. The minimum Gasteiger partial charge on any atom is -0.493 e. The van der Waals surface area contributed by atoms with Crippen molar-refractivity contribution in [2.75, 3.05) is 45.3 Å². The summed E-state index contributed by atoms with van der Waals surface area (Å²) >= 11 is 1.51. The first-order valence-corrected chi connectivity index (χ1v) is 10.4. The highest BCUT2D eigenvalue weighted by Gasteiger charge is 2.17. The lowest BCUT2D eigenvalue weighted by Gasteiger charge is -2.27. The summed E-state index contributed by atoms with van der Waals surface area (Å²) in [5.41, 5.74) is 2.68. The van der Waals surface area contributed by atoms with Crippen molar-refractivity contribution in [3.8, 4) is 33.3 Å². The van der Waals surface area contributed by atoms with E-state index in [-0.39, 0.29) is 0 Å². The summed E-state index contributed by atoms with van der Waals surface area (Å²) in [7, 11) is 3.25. The van der Waals surface area contributed by atoms with Crippen molar-refractivity contribution in [1.29, 1.82) is 0 Å². The number of imidazole rings is 1. The first-order chi connectivity index (χ1) is 14.8. The SMILES string of the molecule is COc1ccc(-c2nn3c(-c4cnc(N5CCNCC5)nc4)cnc3s2)cc1OC. The van der Waals surface area contributed by atoms with Gasteiger partial charge < -0.3 is 19.7 Å². The number of nitrogens with one attached hydrogen (secondary N) is 1. The van der Waals surface area contributed by atoms with E-state index < -0.39 is 0 Å². The van der Waals surface area contributed by atoms with E-state index in [1.54, 1.807) is 20.4 Å². The molecule has 1 fully saturated rings. The van der Waals surface area contributed by atoms with E-state index in [2.05, 4.69) is 25.2 Å². The third kappa shape index (κ3) is 3.33. The Balaban J connectivity index is 1.46. The average molecular weight is 424 g/mol. The molecule has 0 saturated carbocycles. The topological polar surface area (TPSA) is 89.7 Å². The molecule has 1 aliphatic heterocycles. The molecule has 0 radical (unpaired) electrons. The normalized spacial score (nSPS) is 14.3. The highest BCUT2D eigenvalue weighted by molar-refractivity contribution is 7.19. The van der Waals surface area contributed by atoms with E-state index in [0.717, 1.165) is 58.9 Å². The molecule has 1 saturated heterocycles. The van der Waals surface area contributed by atoms with Crippen molar-refractivity contribution < 1.29 is 9.47 Å². The summed E-state index contributed by atoms with van der Waals surface area (Å²) in [5.74, 6) is 2.11. The summed E-state index contributed by atoms with van der Waals surface area (Å²) < 4.78 is 12.6. The third-order valence-corrected chi connectivity index (χ3v) is 6.02. The molecule has 5 rings (SSSR count). The van der Waals surface area contributed by atoms with Gasteiger partial charge >= 0.3 is 0 Å². The minimum atomic E-state index is 0.667. The molecule has 9 nitrogen and oxygen atoms in total. The first-order valence-electron chi connectivity index (χ1n) is 9.62. The van der Waals surface area contributed by atoms with Crippen LogP contribution in [-0.2, 0) is 0 Å². The van der Waals surface area contributed by atoms with Crippen molar-refractivity contribution in [1.82, 2.24) is 29.9 Å². The van der Waals surface area contributed by atoms with Crippen LogP contribution in [0.5, 0.6) is 11.5 Å². The van der Waals surface area contributed by atoms with Gasteiger partial charge in [0.05, 0.1) is 26.1 Å². The summed E-state index contributed by atoms with van der Waals surface area (Å²) in [6, 6.07) is 5.76. The van der Waals surface area contributed by atoms with Crippen LogP contribution in [0.2, 0.25) is 0 Å². The van der Waals surface area contributed by atoms with Crippen molar-refractivity contribution in [3.05, 3.63) is 36.8 Å². The van der Waals surface area contributed by atoms with E-state index in [1.807, 2.05) is 35.1 Å². The van der Waals surface area contributed by atoms with Crippen molar-refractivity contribution in [3.63, 3.8) is 0 Å². The van der Waals surface area contributed by atoms with E-state index in [0.29, 0.717) is 11.5 Å². The summed E-state index contributed by atoms with van der Waals surface area (Å²) in [5, 5.41) is 8.95. The van der Waals surface area contributed by atoms with Crippen molar-refractivity contribution in [2.24, 2.45) is 0 Å². The zero-order chi connectivity index (χ0) is 20.5. The number of anilines is 1. The number of methoxy groups -OCH3 is 2. The molecule has 0 unspecified atom stereocenters. The highest BCUT2D eigenvalue weighted by atomic mass is 32.1. The van der Waals surface area contributed by atoms with Gasteiger partial charge in [-0.05, 0) is 18.2 Å². The van der Waals surface area contributed by atoms with Crippen molar-refractivity contribution >= 4 is 22.2 Å². The van der Waals surface area contributed by atoms with Crippen LogP contribution in [0.1, 0.15) is 0 Å². The molecule has 0 amide bonds. The highest BCUT2D eigenvalue weighted by Crippen LogP contribution is 2.35. The van der Waals surface area contributed by atoms with Gasteiger partial charge in [-0.25, -0.2) is 19.5 Å². The third-order valence-electron chi connectivity index (χ3n) is 5.05. The Labute approximate surface area is 177 Å². The van der Waals surface area contributed by atoms with Crippen LogP contribution < -0.4 is 19.7 Å². The number of fused-ring (bicyclic) bond motifs is 1. The van der Waals surface area contributed by atoms with E-state index in [1.165, 1.54) is 11.3 Å². The number of aromatic nitrogens is 5. The first kappa shape index (κ1) is 18.8. The van der Waals surface area contributed by atoms with Gasteiger partial charge in [0.15, 0.2) is 11.5 Å². The van der Waals surface area contributed by atoms with Gasteiger partial charge in [-0.3, -0.25) is 0 Å². The second-order valence-electron chi connectivity index (χ2n) is 6.82. The second-order valence-corrected chi connectivity index (χ2v) is 7.78. The molecule has 0 aliphatic carbocycles. The fourth-order valence-corrected chi connectivity index (χ4v) is 4.33. The van der Waals surface area contributed by atoms with Crippen LogP contribution in [0, 0.1) is 0 Å². The fraction of sp³-hybridized carbons (Fsp3) is 0.300. The average Bonchev–Trinajstić information content (AvgIpc) is 3.40. The number of rotatable bonds is 5. The maximum absolute atomic E-state index is 5.41. The zero-order valence-electron chi connectivity index (χ0n) is 16.7. The molecule has 0 atom stereocenters. The van der Waals surface area contributed by atoms with Crippen LogP contribution in [-0.4, -0.2) is 65.0 Å². The fourth-order valence-electron chi connectivity index (χ4n) is 3.46. The molecule has 30 heavy (non-hydrogen) atoms. The Morgan fingerprint density at radius 2 is 1.70 bits per heavy atom. The molecular formula is C20H21N7O2S. The maximum atomic E-state index is 5.41. The standard InChI is InChI=1S/C20H21N7O2S/c1-28-16-4-3-13(9-17(16)29-2)18-25-27-15(12-24-20(27)30-18)14-10-22-19(23-11-14)26-7-5-21-6-8-26/h3-4,9-12,21H,5-8H2,1-2H3. The second kappa shape index (κ2) is 7.88. The van der Waals surface area contributed by atoms with E-state index in [9.17, 15) is 0 Å². The number of benzene rings is 1. The van der Waals surface area contributed by atoms with Crippen molar-refractivity contribution in [2.45, 2.75) is 0 Å². The summed E-state index contributed by atoms with van der Waals surface area (Å²) in [4.78, 5) is 16.6. The molecule has 1 aromatic carbocycles. The van der Waals surface area contributed by atoms with Gasteiger partial charge in [0.25, 0.3) is 0 Å². The van der Waals surface area contributed by atoms with Gasteiger partial charge in [-0.15, -0.1) is 0 Å². The predicted octanol–water partition coefficient (Wildman–Crippen LogP) is 2.34. The van der Waals surface area contributed by atoms with Gasteiger partial charge in [0.2, 0.25) is 10.9 Å². The van der Waals surface area contributed by atoms with Crippen LogP contribution >= 0.6 is 11.3 Å². The number of hydrogen-bond donors (Lipinski definition) is 1. The largest absolute Gasteiger partial charge is 0.493 e. The molecule has 0 spiro atoms. The van der Waals surface area contributed by atoms with Crippen LogP contribution in [0.3, 0.4) is 0 Å². The lowest BCUT2D eigenvalue weighted by Crippen LogP contribution is -2.44. The molecule has 0 bridgehead atoms. The number of piperazine rings is 1. The lowest BCUT2D eigenvalue weighted by atomic mass is 10.2. The van der Waals surface area contributed by atoms with Gasteiger partial charge in [0, 0.05) is 49.7 Å². The number of hydrogen-bond acceptors (Lipinski definition) is 9. The maximum Gasteiger partial charge on any atom is 0.225 e. The summed E-state index contributed by atoms with van der Waals surface area (Å²) in [6.45, 7) is 3.73. The van der Waals surface area contributed by atoms with Gasteiger partial charge in [-0.2, -0.15) is 5.10 Å². The zero-order valence-corrected chi connectivity index (χ0v) is 17.5. The minimum absolute atomic E-state index is 0.667. The smallest absolute Gasteiger partial charge is 0.225 e. The Morgan fingerprint density at radius 1 is 0.933 bits per heavy atom. The van der Waals surface area contributed by atoms with Gasteiger partial charge in [-0.1, -0.05) is 11.3 Å². The van der Waals surface area contributed by atoms with Crippen LogP contribution in [0.15, 0.2) is 36.8 Å². The molecule has 4 heterocycles. The molecule has 1 aliphatic rings. The van der Waals surface area contributed by atoms with Crippen LogP contribution in [0.25, 0.3) is 26.8 Å². The Bertz CT molecular complexity index is 1170. The van der Waals surface area contributed by atoms with E-state index >= 15 is 0 Å². The monoisotopic (exact) mass is 423 g/mol. The number of ether oxygens (including phenoxy) is 2. The molecule has 1 N–H and O–H groups in total. The van der Waals surface area contributed by atoms with Gasteiger partial charge in [0.1, 0.15) is 5.01 Å². The lowest BCUT2D eigenvalue weighted by molar-refractivity contribution is 0.355. The molecule has 154 valence electrons. The van der Waals surface area contributed by atoms with Crippen LogP contribution in [0.4, 0.5) is 5.95 Å². The predicted molar refractivity (Wildman–Crippen MR) is 116 cm³/mol. The quantitative estimate of drug-likeness (QED) is 0.523. The summed E-state index contributed by atoms with van der Waals surface area (Å²) in [6.07, 6.45) is 5.48. The molecule has 10 heteroatoms. The molecule has 3 aromatic heterocycles. The number of nitrogens with zero attached hydrogens (tertiary/aromatic N) is 6. The van der Waals surface area contributed by atoms with E-state index in [4.69, 9.17) is 14.6 Å². The molecular weight excluding hydrogens is 402 g/mol. The Kier molecular flexibility index (Phi) is 4.93. The Hall–Kier alpha value is -3.24.